The van der Waals surface area contributed by atoms with E-state index in [0.717, 1.165) is 19.4 Å². The van der Waals surface area contributed by atoms with E-state index in [1.807, 2.05) is 13.0 Å². The number of hydrogen-bond acceptors (Lipinski definition) is 2. The van der Waals surface area contributed by atoms with E-state index in [9.17, 15) is 5.26 Å². The number of nitrogens with zero attached hydrogens (tertiary/aromatic N) is 1. The van der Waals surface area contributed by atoms with Crippen molar-refractivity contribution in [3.8, 4) is 6.07 Å². The first kappa shape index (κ1) is 14.6. The van der Waals surface area contributed by atoms with Gasteiger partial charge in [-0.05, 0) is 38.3 Å². The molecule has 2 aromatic rings. The number of aromatic amines is 1. The maximum absolute atomic E-state index is 9.20. The van der Waals surface area contributed by atoms with Crippen LogP contribution in [0, 0.1) is 16.7 Å². The van der Waals surface area contributed by atoms with E-state index < -0.39 is 0 Å². The number of nitriles is 1. The van der Waals surface area contributed by atoms with Crippen LogP contribution in [0.15, 0.2) is 30.5 Å². The minimum absolute atomic E-state index is 0.269. The van der Waals surface area contributed by atoms with Gasteiger partial charge in [0.25, 0.3) is 0 Å². The molecule has 0 saturated carbocycles. The van der Waals surface area contributed by atoms with Gasteiger partial charge >= 0.3 is 0 Å². The number of fused-ring (bicyclic) bond motifs is 1. The summed E-state index contributed by atoms with van der Waals surface area (Å²) in [7, 11) is 0. The lowest BCUT2D eigenvalue weighted by atomic mass is 9.89. The van der Waals surface area contributed by atoms with Crippen LogP contribution in [0.3, 0.4) is 0 Å². The van der Waals surface area contributed by atoms with Crippen molar-refractivity contribution in [2.24, 2.45) is 5.41 Å². The number of nitrogens with one attached hydrogen (secondary N) is 2. The molecule has 2 N–H and O–H groups in total. The predicted octanol–water partition coefficient (Wildman–Crippen LogP) is 3.63. The first-order valence-corrected chi connectivity index (χ1v) is 7.27. The maximum Gasteiger partial charge on any atom is 0.0700 e. The summed E-state index contributed by atoms with van der Waals surface area (Å²) < 4.78 is 0. The van der Waals surface area contributed by atoms with Crippen LogP contribution in [0.2, 0.25) is 0 Å². The second-order valence-electron chi connectivity index (χ2n) is 5.87. The van der Waals surface area contributed by atoms with E-state index in [4.69, 9.17) is 0 Å². The van der Waals surface area contributed by atoms with E-state index in [-0.39, 0.29) is 5.41 Å². The Morgan fingerprint density at radius 1 is 1.40 bits per heavy atom. The fourth-order valence-corrected chi connectivity index (χ4v) is 2.35. The van der Waals surface area contributed by atoms with Crippen LogP contribution < -0.4 is 5.32 Å². The third-order valence-corrected chi connectivity index (χ3v) is 4.09. The van der Waals surface area contributed by atoms with E-state index in [2.05, 4.69) is 54.6 Å². The first-order chi connectivity index (χ1) is 9.58. The zero-order valence-electron chi connectivity index (χ0n) is 12.5. The molecule has 0 fully saturated rings. The molecule has 0 aliphatic rings. The zero-order chi connectivity index (χ0) is 14.6. The van der Waals surface area contributed by atoms with Crippen molar-refractivity contribution >= 4 is 10.9 Å². The van der Waals surface area contributed by atoms with Gasteiger partial charge in [0.1, 0.15) is 0 Å². The summed E-state index contributed by atoms with van der Waals surface area (Å²) >= 11 is 0. The molecule has 20 heavy (non-hydrogen) atoms. The lowest BCUT2D eigenvalue weighted by Gasteiger charge is -2.23. The molecule has 0 bridgehead atoms. The molecule has 1 unspecified atom stereocenters. The number of benzene rings is 1. The molecule has 2 rings (SSSR count). The van der Waals surface area contributed by atoms with Crippen LogP contribution in [0.25, 0.3) is 10.9 Å². The lowest BCUT2D eigenvalue weighted by molar-refractivity contribution is 0.367. The molecule has 1 aromatic carbocycles. The second-order valence-corrected chi connectivity index (χ2v) is 5.87. The summed E-state index contributed by atoms with van der Waals surface area (Å²) in [4.78, 5) is 3.31. The van der Waals surface area contributed by atoms with Crippen molar-refractivity contribution in [1.82, 2.24) is 10.3 Å². The minimum atomic E-state index is -0.269. The summed E-state index contributed by atoms with van der Waals surface area (Å²) in [5, 5.41) is 14.0. The average Bonchev–Trinajstić information content (AvgIpc) is 2.88. The average molecular weight is 269 g/mol. The normalized spacial score (nSPS) is 15.7. The Hall–Kier alpha value is -1.79. The van der Waals surface area contributed by atoms with Crippen LogP contribution in [0.1, 0.15) is 32.8 Å². The van der Waals surface area contributed by atoms with E-state index in [0.29, 0.717) is 6.04 Å². The van der Waals surface area contributed by atoms with Crippen LogP contribution in [0.4, 0.5) is 0 Å². The molecule has 0 radical (unpaired) electrons. The van der Waals surface area contributed by atoms with Crippen molar-refractivity contribution in [2.45, 2.75) is 39.7 Å². The molecule has 1 heterocycles. The van der Waals surface area contributed by atoms with Gasteiger partial charge in [0.05, 0.1) is 11.5 Å². The number of para-hydroxylation sites is 1. The standard InChI is InChI=1S/C17H23N3/c1-4-17(3,11-18)12-20-13(2)9-14-10-19-16-8-6-5-7-15(14)16/h5-8,10,13,19-20H,4,9,12H2,1-3H3/t13-,17?/m1/s1. The molecule has 106 valence electrons. The highest BCUT2D eigenvalue weighted by Crippen LogP contribution is 2.21. The van der Waals surface area contributed by atoms with Gasteiger partial charge in [-0.3, -0.25) is 0 Å². The van der Waals surface area contributed by atoms with E-state index >= 15 is 0 Å². The Morgan fingerprint density at radius 3 is 2.85 bits per heavy atom. The minimum Gasteiger partial charge on any atom is -0.361 e. The molecule has 0 spiro atoms. The monoisotopic (exact) mass is 269 g/mol. The van der Waals surface area contributed by atoms with Crippen molar-refractivity contribution in [3.05, 3.63) is 36.0 Å². The first-order valence-electron chi connectivity index (χ1n) is 7.27. The summed E-state index contributed by atoms with van der Waals surface area (Å²) in [5.74, 6) is 0. The van der Waals surface area contributed by atoms with E-state index in [1.54, 1.807) is 0 Å². The molecule has 2 atom stereocenters. The molecule has 0 amide bonds. The summed E-state index contributed by atoms with van der Waals surface area (Å²) in [6.45, 7) is 6.99. The molecule has 0 aliphatic heterocycles. The Balaban J connectivity index is 1.98. The Labute approximate surface area is 121 Å². The SMILES string of the molecule is CCC(C)(C#N)CN[C@H](C)Cc1c[nH]c2ccccc12. The van der Waals surface area contributed by atoms with Gasteiger partial charge < -0.3 is 10.3 Å². The molecular formula is C17H23N3. The van der Waals surface area contributed by atoms with E-state index in [1.165, 1.54) is 16.5 Å². The van der Waals surface area contributed by atoms with Crippen LogP contribution in [-0.4, -0.2) is 17.6 Å². The summed E-state index contributed by atoms with van der Waals surface area (Å²) in [5.41, 5.74) is 2.25. The maximum atomic E-state index is 9.20. The number of hydrogen-bond donors (Lipinski definition) is 2. The van der Waals surface area contributed by atoms with Gasteiger partial charge in [0.2, 0.25) is 0 Å². The lowest BCUT2D eigenvalue weighted by Crippen LogP contribution is -2.37. The fourth-order valence-electron chi connectivity index (χ4n) is 2.35. The third-order valence-electron chi connectivity index (χ3n) is 4.09. The van der Waals surface area contributed by atoms with Crippen LogP contribution >= 0.6 is 0 Å². The zero-order valence-corrected chi connectivity index (χ0v) is 12.5. The van der Waals surface area contributed by atoms with Crippen molar-refractivity contribution in [1.29, 1.82) is 5.26 Å². The molecule has 1 aromatic heterocycles. The smallest absolute Gasteiger partial charge is 0.0700 e. The molecule has 0 saturated heterocycles. The van der Waals surface area contributed by atoms with Crippen LogP contribution in [0.5, 0.6) is 0 Å². The Morgan fingerprint density at radius 2 is 2.15 bits per heavy atom. The van der Waals surface area contributed by atoms with Gasteiger partial charge in [-0.1, -0.05) is 25.1 Å². The van der Waals surface area contributed by atoms with Gasteiger partial charge in [-0.15, -0.1) is 0 Å². The Bertz CT molecular complexity index is 608. The topological polar surface area (TPSA) is 51.6 Å². The predicted molar refractivity (Wildman–Crippen MR) is 83.5 cm³/mol. The van der Waals surface area contributed by atoms with Gasteiger partial charge in [-0.25, -0.2) is 0 Å². The fraction of sp³-hybridized carbons (Fsp3) is 0.471. The third kappa shape index (κ3) is 3.20. The molecule has 3 heteroatoms. The summed E-state index contributed by atoms with van der Waals surface area (Å²) in [6.07, 6.45) is 3.93. The highest BCUT2D eigenvalue weighted by atomic mass is 14.9. The number of rotatable bonds is 6. The summed E-state index contributed by atoms with van der Waals surface area (Å²) in [6, 6.07) is 11.1. The highest BCUT2D eigenvalue weighted by Gasteiger charge is 2.21. The van der Waals surface area contributed by atoms with Crippen molar-refractivity contribution in [2.75, 3.05) is 6.54 Å². The van der Waals surface area contributed by atoms with Crippen molar-refractivity contribution in [3.63, 3.8) is 0 Å². The van der Waals surface area contributed by atoms with Crippen LogP contribution in [-0.2, 0) is 6.42 Å². The highest BCUT2D eigenvalue weighted by molar-refractivity contribution is 5.83. The molecule has 0 aliphatic carbocycles. The van der Waals surface area contributed by atoms with Gasteiger partial charge in [0.15, 0.2) is 0 Å². The number of aromatic nitrogens is 1. The molecule has 3 nitrogen and oxygen atoms in total. The second kappa shape index (κ2) is 6.11. The molecular weight excluding hydrogens is 246 g/mol. The van der Waals surface area contributed by atoms with Gasteiger partial charge in [0, 0.05) is 29.7 Å². The van der Waals surface area contributed by atoms with Gasteiger partial charge in [-0.2, -0.15) is 5.26 Å². The quantitative estimate of drug-likeness (QED) is 0.841. The Kier molecular flexibility index (Phi) is 4.46. The largest absolute Gasteiger partial charge is 0.361 e. The van der Waals surface area contributed by atoms with Crippen molar-refractivity contribution < 1.29 is 0 Å². The number of H-pyrrole nitrogens is 1.